The van der Waals surface area contributed by atoms with Crippen LogP contribution in [-0.2, 0) is 9.53 Å². The summed E-state index contributed by atoms with van der Waals surface area (Å²) in [6.45, 7) is 0.271. The van der Waals surface area contributed by atoms with Crippen LogP contribution in [0.1, 0.15) is 6.42 Å². The summed E-state index contributed by atoms with van der Waals surface area (Å²) in [6, 6.07) is 4.18. The minimum Gasteiger partial charge on any atom is -0.496 e. The van der Waals surface area contributed by atoms with Crippen molar-refractivity contribution < 1.29 is 23.9 Å². The third-order valence-corrected chi connectivity index (χ3v) is 2.52. The SMILES string of the molecule is COc1ccc(OC2CCOC2=O)c([N+](=O)[O-])c1. The van der Waals surface area contributed by atoms with E-state index in [0.717, 1.165) is 0 Å². The first-order valence-electron chi connectivity index (χ1n) is 5.27. The Balaban J connectivity index is 2.26. The van der Waals surface area contributed by atoms with Crippen molar-refractivity contribution in [2.75, 3.05) is 13.7 Å². The maximum absolute atomic E-state index is 11.2. The van der Waals surface area contributed by atoms with Crippen molar-refractivity contribution in [2.24, 2.45) is 0 Å². The van der Waals surface area contributed by atoms with E-state index in [4.69, 9.17) is 14.2 Å². The number of cyclic esters (lactones) is 1. The van der Waals surface area contributed by atoms with Gasteiger partial charge in [-0.15, -0.1) is 0 Å². The van der Waals surface area contributed by atoms with Crippen molar-refractivity contribution in [1.82, 2.24) is 0 Å². The summed E-state index contributed by atoms with van der Waals surface area (Å²) in [5.74, 6) is -0.118. The van der Waals surface area contributed by atoms with E-state index in [1.54, 1.807) is 0 Å². The zero-order chi connectivity index (χ0) is 13.1. The molecule has 7 heteroatoms. The van der Waals surface area contributed by atoms with Crippen molar-refractivity contribution in [3.05, 3.63) is 28.3 Å². The van der Waals surface area contributed by atoms with E-state index in [1.165, 1.54) is 25.3 Å². The highest BCUT2D eigenvalue weighted by Crippen LogP contribution is 2.32. The van der Waals surface area contributed by atoms with Gasteiger partial charge in [0.25, 0.3) is 0 Å². The highest BCUT2D eigenvalue weighted by atomic mass is 16.6. The smallest absolute Gasteiger partial charge is 0.347 e. The van der Waals surface area contributed by atoms with Crippen molar-refractivity contribution in [3.8, 4) is 11.5 Å². The van der Waals surface area contributed by atoms with Crippen LogP contribution in [0.5, 0.6) is 11.5 Å². The Labute approximate surface area is 102 Å². The quantitative estimate of drug-likeness (QED) is 0.456. The summed E-state index contributed by atoms with van der Waals surface area (Å²) in [7, 11) is 1.41. The number of carbonyl (C=O) groups is 1. The van der Waals surface area contributed by atoms with E-state index >= 15 is 0 Å². The van der Waals surface area contributed by atoms with Gasteiger partial charge in [-0.25, -0.2) is 4.79 Å². The summed E-state index contributed by atoms with van der Waals surface area (Å²) in [4.78, 5) is 21.6. The number of ether oxygens (including phenoxy) is 3. The maximum atomic E-state index is 11.2. The molecule has 1 saturated heterocycles. The monoisotopic (exact) mass is 253 g/mol. The molecule has 1 heterocycles. The maximum Gasteiger partial charge on any atom is 0.347 e. The number of hydrogen-bond acceptors (Lipinski definition) is 6. The normalized spacial score (nSPS) is 18.3. The molecule has 1 aromatic rings. The van der Waals surface area contributed by atoms with Crippen LogP contribution in [0.4, 0.5) is 5.69 Å². The van der Waals surface area contributed by atoms with Crippen LogP contribution in [0.3, 0.4) is 0 Å². The molecular weight excluding hydrogens is 242 g/mol. The molecule has 0 aliphatic carbocycles. The van der Waals surface area contributed by atoms with Crippen LogP contribution < -0.4 is 9.47 Å². The predicted octanol–water partition coefficient (Wildman–Crippen LogP) is 1.30. The van der Waals surface area contributed by atoms with Gasteiger partial charge in [0.15, 0.2) is 11.9 Å². The fourth-order valence-corrected chi connectivity index (χ4v) is 1.60. The summed E-state index contributed by atoms with van der Waals surface area (Å²) in [5.41, 5.74) is -0.242. The first kappa shape index (κ1) is 12.2. The van der Waals surface area contributed by atoms with Gasteiger partial charge < -0.3 is 14.2 Å². The molecule has 1 aliphatic rings. The van der Waals surface area contributed by atoms with Crippen LogP contribution >= 0.6 is 0 Å². The Hall–Kier alpha value is -2.31. The van der Waals surface area contributed by atoms with Crippen LogP contribution in [0.2, 0.25) is 0 Å². The number of hydrogen-bond donors (Lipinski definition) is 0. The van der Waals surface area contributed by atoms with Gasteiger partial charge in [0.2, 0.25) is 0 Å². The van der Waals surface area contributed by atoms with Gasteiger partial charge >= 0.3 is 11.7 Å². The predicted molar refractivity (Wildman–Crippen MR) is 59.6 cm³/mol. The molecule has 1 atom stereocenters. The van der Waals surface area contributed by atoms with Gasteiger partial charge in [-0.05, 0) is 12.1 Å². The molecule has 0 aromatic heterocycles. The lowest BCUT2D eigenvalue weighted by atomic mass is 10.2. The molecule has 0 amide bonds. The standard InChI is InChI=1S/C11H11NO6/c1-16-7-2-3-9(8(6-7)12(14)15)18-10-4-5-17-11(10)13/h2-3,6,10H,4-5H2,1H3. The number of nitro benzene ring substituents is 1. The summed E-state index contributed by atoms with van der Waals surface area (Å²) in [5, 5.41) is 10.9. The third-order valence-electron chi connectivity index (χ3n) is 2.52. The molecule has 96 valence electrons. The lowest BCUT2D eigenvalue weighted by Gasteiger charge is -2.10. The lowest BCUT2D eigenvalue weighted by molar-refractivity contribution is -0.386. The van der Waals surface area contributed by atoms with E-state index in [2.05, 4.69) is 0 Å². The van der Waals surface area contributed by atoms with Crippen molar-refractivity contribution >= 4 is 11.7 Å². The van der Waals surface area contributed by atoms with Gasteiger partial charge in [-0.3, -0.25) is 10.1 Å². The van der Waals surface area contributed by atoms with E-state index in [1.807, 2.05) is 0 Å². The molecule has 0 radical (unpaired) electrons. The molecule has 1 unspecified atom stereocenters. The van der Waals surface area contributed by atoms with Gasteiger partial charge in [0.1, 0.15) is 5.75 Å². The minimum absolute atomic E-state index is 0.0321. The lowest BCUT2D eigenvalue weighted by Crippen LogP contribution is -2.22. The molecule has 7 nitrogen and oxygen atoms in total. The first-order valence-corrected chi connectivity index (χ1v) is 5.27. The van der Waals surface area contributed by atoms with Crippen LogP contribution in [-0.4, -0.2) is 30.7 Å². The van der Waals surface area contributed by atoms with Gasteiger partial charge in [0, 0.05) is 6.42 Å². The van der Waals surface area contributed by atoms with E-state index in [0.29, 0.717) is 12.2 Å². The average molecular weight is 253 g/mol. The third kappa shape index (κ3) is 2.34. The van der Waals surface area contributed by atoms with Gasteiger partial charge in [-0.1, -0.05) is 0 Å². The fraction of sp³-hybridized carbons (Fsp3) is 0.364. The number of esters is 1. The molecule has 1 fully saturated rings. The summed E-state index contributed by atoms with van der Waals surface area (Å²) < 4.78 is 14.9. The molecule has 1 aromatic carbocycles. The van der Waals surface area contributed by atoms with E-state index < -0.39 is 17.0 Å². The topological polar surface area (TPSA) is 87.9 Å². The Morgan fingerprint density at radius 3 is 2.83 bits per heavy atom. The highest BCUT2D eigenvalue weighted by molar-refractivity contribution is 5.77. The number of rotatable bonds is 4. The second kappa shape index (κ2) is 4.91. The van der Waals surface area contributed by atoms with Gasteiger partial charge in [0.05, 0.1) is 24.7 Å². The van der Waals surface area contributed by atoms with Crippen molar-refractivity contribution in [2.45, 2.75) is 12.5 Å². The Kier molecular flexibility index (Phi) is 3.31. The number of carbonyl (C=O) groups excluding carboxylic acids is 1. The molecule has 18 heavy (non-hydrogen) atoms. The Morgan fingerprint density at radius 2 is 2.28 bits per heavy atom. The second-order valence-corrected chi connectivity index (χ2v) is 3.65. The van der Waals surface area contributed by atoms with Crippen LogP contribution in [0.15, 0.2) is 18.2 Å². The largest absolute Gasteiger partial charge is 0.496 e. The zero-order valence-electron chi connectivity index (χ0n) is 9.62. The first-order chi connectivity index (χ1) is 8.61. The number of methoxy groups -OCH3 is 1. The molecule has 1 aliphatic heterocycles. The number of benzene rings is 1. The molecule has 0 N–H and O–H groups in total. The van der Waals surface area contributed by atoms with Crippen molar-refractivity contribution in [3.63, 3.8) is 0 Å². The molecule has 0 bridgehead atoms. The van der Waals surface area contributed by atoms with Gasteiger partial charge in [-0.2, -0.15) is 0 Å². The van der Waals surface area contributed by atoms with E-state index in [9.17, 15) is 14.9 Å². The zero-order valence-corrected chi connectivity index (χ0v) is 9.62. The van der Waals surface area contributed by atoms with Crippen molar-refractivity contribution in [1.29, 1.82) is 0 Å². The minimum atomic E-state index is -0.780. The molecule has 2 rings (SSSR count). The summed E-state index contributed by atoms with van der Waals surface area (Å²) >= 11 is 0. The second-order valence-electron chi connectivity index (χ2n) is 3.65. The average Bonchev–Trinajstić information content (AvgIpc) is 2.75. The Morgan fingerprint density at radius 1 is 1.50 bits per heavy atom. The summed E-state index contributed by atoms with van der Waals surface area (Å²) in [6.07, 6.45) is -0.390. The van der Waals surface area contributed by atoms with E-state index in [-0.39, 0.29) is 18.0 Å². The number of nitro groups is 1. The van der Waals surface area contributed by atoms with Crippen LogP contribution in [0, 0.1) is 10.1 Å². The number of nitrogens with zero attached hydrogens (tertiary/aromatic N) is 1. The highest BCUT2D eigenvalue weighted by Gasteiger charge is 2.30. The molecule has 0 saturated carbocycles. The fourth-order valence-electron chi connectivity index (χ4n) is 1.60. The molecular formula is C11H11NO6. The Bertz CT molecular complexity index is 486. The van der Waals surface area contributed by atoms with Crippen LogP contribution in [0.25, 0.3) is 0 Å². The molecule has 0 spiro atoms.